The van der Waals surface area contributed by atoms with Crippen molar-refractivity contribution in [3.63, 3.8) is 0 Å². The van der Waals surface area contributed by atoms with Crippen LogP contribution in [0.25, 0.3) is 0 Å². The molecule has 5 nitrogen and oxygen atoms in total. The Bertz CT molecular complexity index is 770. The van der Waals surface area contributed by atoms with E-state index in [1.807, 2.05) is 55.6 Å². The molecule has 0 aliphatic carbocycles. The van der Waals surface area contributed by atoms with Gasteiger partial charge in [0.1, 0.15) is 0 Å². The third-order valence-corrected chi connectivity index (χ3v) is 5.06. The summed E-state index contributed by atoms with van der Waals surface area (Å²) in [6, 6.07) is 15.1. The highest BCUT2D eigenvalue weighted by molar-refractivity contribution is 9.10. The van der Waals surface area contributed by atoms with E-state index in [1.54, 1.807) is 0 Å². The van der Waals surface area contributed by atoms with Crippen LogP contribution in [-0.2, 0) is 9.59 Å². The number of hydrogen-bond donors (Lipinski definition) is 2. The van der Waals surface area contributed by atoms with Crippen LogP contribution in [0, 0.1) is 0 Å². The highest BCUT2D eigenvalue weighted by atomic mass is 79.9. The number of carbonyl (C=O) groups excluding carboxylic acids is 2. The number of thioether (sulfide) groups is 1. The molecule has 0 saturated carbocycles. The van der Waals surface area contributed by atoms with Crippen molar-refractivity contribution in [1.82, 2.24) is 0 Å². The molecule has 2 amide bonds. The molecule has 0 radical (unpaired) electrons. The number of halogens is 1. The summed E-state index contributed by atoms with van der Waals surface area (Å²) in [7, 11) is 1.98. The van der Waals surface area contributed by atoms with Crippen LogP contribution in [0.3, 0.4) is 0 Å². The van der Waals surface area contributed by atoms with Gasteiger partial charge in [0.25, 0.3) is 0 Å². The summed E-state index contributed by atoms with van der Waals surface area (Å²) in [5.74, 6) is 0.182. The normalized spacial score (nSPS) is 10.3. The first kappa shape index (κ1) is 20.3. The summed E-state index contributed by atoms with van der Waals surface area (Å²) in [6.45, 7) is 2.90. The van der Waals surface area contributed by atoms with Crippen LogP contribution in [-0.4, -0.2) is 36.9 Å². The van der Waals surface area contributed by atoms with Crippen LogP contribution in [0.4, 0.5) is 17.1 Å². The predicted molar refractivity (Wildman–Crippen MR) is 114 cm³/mol. The van der Waals surface area contributed by atoms with Crippen LogP contribution in [0.2, 0.25) is 0 Å². The molecule has 0 fully saturated rings. The zero-order valence-corrected chi connectivity index (χ0v) is 17.2. The number of nitrogens with zero attached hydrogens (tertiary/aromatic N) is 1. The first-order valence-corrected chi connectivity index (χ1v) is 10.2. The van der Waals surface area contributed by atoms with Gasteiger partial charge in [-0.05, 0) is 37.3 Å². The highest BCUT2D eigenvalue weighted by Gasteiger charge is 2.10. The van der Waals surface area contributed by atoms with Crippen LogP contribution in [0.5, 0.6) is 0 Å². The quantitative estimate of drug-likeness (QED) is 0.651. The lowest BCUT2D eigenvalue weighted by molar-refractivity contribution is -0.114. The molecule has 0 heterocycles. The van der Waals surface area contributed by atoms with Crippen molar-refractivity contribution < 1.29 is 9.59 Å². The Kier molecular flexibility index (Phi) is 8.00. The van der Waals surface area contributed by atoms with Gasteiger partial charge in [0.2, 0.25) is 11.8 Å². The van der Waals surface area contributed by atoms with Crippen molar-refractivity contribution in [2.75, 3.05) is 40.6 Å². The molecule has 0 bridgehead atoms. The molecule has 2 aromatic carbocycles. The lowest BCUT2D eigenvalue weighted by atomic mass is 10.2. The average Bonchev–Trinajstić information content (AvgIpc) is 2.61. The fraction of sp³-hybridized carbons (Fsp3) is 0.263. The van der Waals surface area contributed by atoms with Crippen molar-refractivity contribution in [2.24, 2.45) is 0 Å². The summed E-state index contributed by atoms with van der Waals surface area (Å²) in [5, 5.41) is 5.73. The second kappa shape index (κ2) is 10.2. The van der Waals surface area contributed by atoms with Crippen LogP contribution in [0.15, 0.2) is 53.0 Å². The Labute approximate surface area is 166 Å². The number of para-hydroxylation sites is 2. The molecule has 0 unspecified atom stereocenters. The van der Waals surface area contributed by atoms with Crippen LogP contribution >= 0.6 is 27.7 Å². The van der Waals surface area contributed by atoms with Crippen molar-refractivity contribution in [2.45, 2.75) is 6.92 Å². The van der Waals surface area contributed by atoms with E-state index >= 15 is 0 Å². The Balaban J connectivity index is 1.80. The fourth-order valence-corrected chi connectivity index (χ4v) is 3.29. The second-order valence-electron chi connectivity index (χ2n) is 5.63. The van der Waals surface area contributed by atoms with Gasteiger partial charge in [-0.2, -0.15) is 0 Å². The smallest absolute Gasteiger partial charge is 0.234 e. The molecule has 7 heteroatoms. The molecular weight excluding hydrogens is 414 g/mol. The largest absolute Gasteiger partial charge is 0.373 e. The predicted octanol–water partition coefficient (Wildman–Crippen LogP) is 4.22. The van der Waals surface area contributed by atoms with Crippen LogP contribution in [0.1, 0.15) is 6.92 Å². The Morgan fingerprint density at radius 3 is 2.42 bits per heavy atom. The molecule has 2 rings (SSSR count). The average molecular weight is 436 g/mol. The second-order valence-corrected chi connectivity index (χ2v) is 7.53. The summed E-state index contributed by atoms with van der Waals surface area (Å²) in [5.41, 5.74) is 2.48. The highest BCUT2D eigenvalue weighted by Crippen LogP contribution is 2.24. The van der Waals surface area contributed by atoms with Gasteiger partial charge in [-0.1, -0.05) is 34.1 Å². The Morgan fingerprint density at radius 1 is 1.04 bits per heavy atom. The minimum atomic E-state index is -0.132. The maximum Gasteiger partial charge on any atom is 0.234 e. The molecule has 2 N–H and O–H groups in total. The van der Waals surface area contributed by atoms with Crippen molar-refractivity contribution >= 4 is 56.6 Å². The minimum Gasteiger partial charge on any atom is -0.373 e. The summed E-state index contributed by atoms with van der Waals surface area (Å²) >= 11 is 4.65. The van der Waals surface area contributed by atoms with E-state index in [1.165, 1.54) is 11.8 Å². The lowest BCUT2D eigenvalue weighted by Gasteiger charge is -2.20. The number of hydrogen-bond acceptors (Lipinski definition) is 4. The van der Waals surface area contributed by atoms with E-state index in [4.69, 9.17) is 0 Å². The molecule has 138 valence electrons. The summed E-state index contributed by atoms with van der Waals surface area (Å²) in [6.07, 6.45) is 0. The van der Waals surface area contributed by atoms with E-state index in [9.17, 15) is 9.59 Å². The molecule has 2 aromatic rings. The Hall–Kier alpha value is -1.99. The Morgan fingerprint density at radius 2 is 1.73 bits per heavy atom. The zero-order chi connectivity index (χ0) is 18.9. The van der Waals surface area contributed by atoms with E-state index in [2.05, 4.69) is 38.4 Å². The van der Waals surface area contributed by atoms with Gasteiger partial charge in [-0.3, -0.25) is 9.59 Å². The lowest BCUT2D eigenvalue weighted by Crippen LogP contribution is -2.21. The number of benzene rings is 2. The first-order chi connectivity index (χ1) is 12.5. The van der Waals surface area contributed by atoms with E-state index in [0.29, 0.717) is 0 Å². The molecule has 26 heavy (non-hydrogen) atoms. The van der Waals surface area contributed by atoms with Gasteiger partial charge in [-0.25, -0.2) is 0 Å². The maximum atomic E-state index is 12.2. The molecule has 0 aliphatic rings. The maximum absolute atomic E-state index is 12.2. The third kappa shape index (κ3) is 6.38. The number of anilines is 3. The molecule has 0 atom stereocenters. The zero-order valence-electron chi connectivity index (χ0n) is 14.8. The van der Waals surface area contributed by atoms with Crippen LogP contribution < -0.4 is 15.5 Å². The molecule has 0 spiro atoms. The number of carbonyl (C=O) groups is 2. The SMILES string of the molecule is CCN(C)c1ccccc1NC(=O)CSCC(=O)Nc1cccc(Br)c1. The van der Waals surface area contributed by atoms with E-state index < -0.39 is 0 Å². The van der Waals surface area contributed by atoms with Gasteiger partial charge in [0.05, 0.1) is 22.9 Å². The van der Waals surface area contributed by atoms with E-state index in [0.717, 1.165) is 28.1 Å². The number of nitrogens with one attached hydrogen (secondary N) is 2. The number of rotatable bonds is 8. The molecule has 0 saturated heterocycles. The monoisotopic (exact) mass is 435 g/mol. The molecule has 0 aromatic heterocycles. The summed E-state index contributed by atoms with van der Waals surface area (Å²) in [4.78, 5) is 26.2. The molecule has 0 aliphatic heterocycles. The van der Waals surface area contributed by atoms with E-state index in [-0.39, 0.29) is 23.3 Å². The third-order valence-electron chi connectivity index (χ3n) is 3.64. The standard InChI is InChI=1S/C19H22BrN3O2S/c1-3-23(2)17-10-5-4-9-16(17)22-19(25)13-26-12-18(24)21-15-8-6-7-14(20)11-15/h4-11H,3,12-13H2,1-2H3,(H,21,24)(H,22,25). The topological polar surface area (TPSA) is 61.4 Å². The fourth-order valence-electron chi connectivity index (χ4n) is 2.27. The first-order valence-electron chi connectivity index (χ1n) is 8.22. The van der Waals surface area contributed by atoms with Crippen molar-refractivity contribution in [3.8, 4) is 0 Å². The van der Waals surface area contributed by atoms with Crippen molar-refractivity contribution in [1.29, 1.82) is 0 Å². The van der Waals surface area contributed by atoms with Crippen molar-refractivity contribution in [3.05, 3.63) is 53.0 Å². The van der Waals surface area contributed by atoms with Gasteiger partial charge in [0.15, 0.2) is 0 Å². The molecular formula is C19H22BrN3O2S. The van der Waals surface area contributed by atoms with Gasteiger partial charge in [0, 0.05) is 23.8 Å². The van der Waals surface area contributed by atoms with Gasteiger partial charge in [-0.15, -0.1) is 11.8 Å². The number of amides is 2. The van der Waals surface area contributed by atoms with Gasteiger partial charge < -0.3 is 15.5 Å². The van der Waals surface area contributed by atoms with Gasteiger partial charge >= 0.3 is 0 Å². The minimum absolute atomic E-state index is 0.123. The summed E-state index contributed by atoms with van der Waals surface area (Å²) < 4.78 is 0.901.